The van der Waals surface area contributed by atoms with Crippen molar-refractivity contribution < 1.29 is 42.4 Å². The van der Waals surface area contributed by atoms with Crippen LogP contribution in [-0.4, -0.2) is 51.4 Å². The number of aliphatic carboxylic acids is 1. The average Bonchev–Trinajstić information content (AvgIpc) is 3.12. The summed E-state index contributed by atoms with van der Waals surface area (Å²) in [7, 11) is 0. The highest BCUT2D eigenvalue weighted by atomic mass is 19.3. The van der Waals surface area contributed by atoms with Crippen LogP contribution in [0.15, 0.2) is 24.0 Å². The molecule has 0 aromatic carbocycles. The first-order valence-electron chi connectivity index (χ1n) is 9.89. The fourth-order valence-corrected chi connectivity index (χ4v) is 3.86. The summed E-state index contributed by atoms with van der Waals surface area (Å²) in [6, 6.07) is 0. The highest BCUT2D eigenvalue weighted by Gasteiger charge is 2.65. The van der Waals surface area contributed by atoms with E-state index in [9.17, 15) is 32.6 Å². The van der Waals surface area contributed by atoms with E-state index in [0.29, 0.717) is 6.42 Å². The maximum Gasteiger partial charge on any atom is 0.374 e. The van der Waals surface area contributed by atoms with Crippen molar-refractivity contribution in [2.75, 3.05) is 0 Å². The van der Waals surface area contributed by atoms with Crippen LogP contribution in [0.1, 0.15) is 51.9 Å². The van der Waals surface area contributed by atoms with Gasteiger partial charge in [-0.15, -0.1) is 0 Å². The lowest BCUT2D eigenvalue weighted by atomic mass is 9.90. The maximum absolute atomic E-state index is 14.4. The second-order valence-corrected chi connectivity index (χ2v) is 7.77. The van der Waals surface area contributed by atoms with Crippen LogP contribution in [0, 0.1) is 11.8 Å². The Bertz CT molecular complexity index is 634. The van der Waals surface area contributed by atoms with Gasteiger partial charge in [0.05, 0.1) is 11.9 Å². The molecule has 0 aromatic rings. The zero-order valence-electron chi connectivity index (χ0n) is 16.2. The largest absolute Gasteiger partial charge is 0.488 e. The highest BCUT2D eigenvalue weighted by Crippen LogP contribution is 2.53. The molecule has 29 heavy (non-hydrogen) atoms. The van der Waals surface area contributed by atoms with E-state index in [-0.39, 0.29) is 18.6 Å². The summed E-state index contributed by atoms with van der Waals surface area (Å²) < 4.78 is 60.3. The molecule has 2 rings (SSSR count). The summed E-state index contributed by atoms with van der Waals surface area (Å²) >= 11 is 0. The molecule has 5 atom stereocenters. The van der Waals surface area contributed by atoms with E-state index in [1.807, 2.05) is 6.92 Å². The Morgan fingerprint density at radius 2 is 2.07 bits per heavy atom. The van der Waals surface area contributed by atoms with Gasteiger partial charge in [-0.3, -0.25) is 0 Å². The number of rotatable bonds is 10. The monoisotopic (exact) mass is 424 g/mol. The Kier molecular flexibility index (Phi) is 7.73. The Morgan fingerprint density at radius 3 is 2.69 bits per heavy atom. The second kappa shape index (κ2) is 9.47. The number of unbranched alkanes of at least 4 members (excludes halogenated alkanes) is 2. The number of aliphatic hydroxyl groups is 2. The third-order valence-corrected chi connectivity index (χ3v) is 5.54. The van der Waals surface area contributed by atoms with Gasteiger partial charge in [-0.1, -0.05) is 38.3 Å². The van der Waals surface area contributed by atoms with Gasteiger partial charge in [0.2, 0.25) is 0 Å². The molecule has 0 amide bonds. The first kappa shape index (κ1) is 23.7. The fourth-order valence-electron chi connectivity index (χ4n) is 3.86. The summed E-state index contributed by atoms with van der Waals surface area (Å²) in [4.78, 5) is 10.4. The molecule has 0 spiro atoms. The van der Waals surface area contributed by atoms with Crippen molar-refractivity contribution >= 4 is 5.97 Å². The number of hydrogen-bond donors (Lipinski definition) is 3. The number of ether oxygens (including phenoxy) is 1. The summed E-state index contributed by atoms with van der Waals surface area (Å²) in [5.74, 6) is -11.3. The van der Waals surface area contributed by atoms with Crippen LogP contribution in [0.3, 0.4) is 0 Å². The Hall–Kier alpha value is -1.61. The highest BCUT2D eigenvalue weighted by molar-refractivity contribution is 5.75. The van der Waals surface area contributed by atoms with E-state index in [4.69, 9.17) is 9.84 Å². The molecule has 0 radical (unpaired) electrons. The molecule has 166 valence electrons. The molecule has 3 N–H and O–H groups in total. The van der Waals surface area contributed by atoms with Crippen LogP contribution in [0.4, 0.5) is 17.6 Å². The number of hydrogen-bond acceptors (Lipinski definition) is 4. The minimum atomic E-state index is -3.90. The first-order chi connectivity index (χ1) is 13.5. The molecule has 0 unspecified atom stereocenters. The fraction of sp³-hybridized carbons (Fsp3) is 0.750. The molecule has 2 fully saturated rings. The van der Waals surface area contributed by atoms with Crippen molar-refractivity contribution in [2.24, 2.45) is 11.8 Å². The number of aliphatic hydroxyl groups excluding tert-OH is 2. The molecule has 9 heteroatoms. The molecular weight excluding hydrogens is 396 g/mol. The summed E-state index contributed by atoms with van der Waals surface area (Å²) in [6.07, 6.45) is 1.63. The third kappa shape index (κ3) is 5.51. The van der Waals surface area contributed by atoms with Gasteiger partial charge in [0.15, 0.2) is 6.10 Å². The van der Waals surface area contributed by atoms with Crippen LogP contribution in [-0.2, 0) is 9.53 Å². The molecule has 1 aliphatic heterocycles. The number of allylic oxidation sites excluding steroid dienone is 2. The normalized spacial score (nSPS) is 31.2. The van der Waals surface area contributed by atoms with Gasteiger partial charge < -0.3 is 20.1 Å². The summed E-state index contributed by atoms with van der Waals surface area (Å²) in [6.45, 7) is 2.02. The number of fused-ring (bicyclic) bond motifs is 1. The zero-order chi connectivity index (χ0) is 21.8. The van der Waals surface area contributed by atoms with Crippen LogP contribution in [0.5, 0.6) is 0 Å². The number of carboxylic acid groups (broad SMARTS) is 1. The molecule has 1 heterocycles. The molecular formula is C20H28F4O5. The third-order valence-electron chi connectivity index (χ3n) is 5.54. The molecule has 1 aliphatic carbocycles. The molecule has 5 nitrogen and oxygen atoms in total. The minimum Gasteiger partial charge on any atom is -0.488 e. The quantitative estimate of drug-likeness (QED) is 0.281. The van der Waals surface area contributed by atoms with Crippen LogP contribution in [0.25, 0.3) is 0 Å². The number of halogens is 4. The topological polar surface area (TPSA) is 87.0 Å². The Labute approximate surface area is 167 Å². The number of alkyl halides is 4. The van der Waals surface area contributed by atoms with Gasteiger partial charge in [0.25, 0.3) is 0 Å². The molecule has 2 aliphatic rings. The van der Waals surface area contributed by atoms with Gasteiger partial charge in [-0.25, -0.2) is 4.79 Å². The summed E-state index contributed by atoms with van der Waals surface area (Å²) in [5.41, 5.74) is 0. The van der Waals surface area contributed by atoms with E-state index in [1.54, 1.807) is 0 Å². The summed E-state index contributed by atoms with van der Waals surface area (Å²) in [5, 5.41) is 28.4. The molecule has 0 bridgehead atoms. The van der Waals surface area contributed by atoms with Crippen molar-refractivity contribution in [2.45, 2.75) is 82.0 Å². The minimum absolute atomic E-state index is 0.0247. The van der Waals surface area contributed by atoms with Crippen molar-refractivity contribution in [3.8, 4) is 0 Å². The number of carbonyl (C=O) groups is 1. The second-order valence-electron chi connectivity index (χ2n) is 7.77. The van der Waals surface area contributed by atoms with Crippen molar-refractivity contribution in [3.63, 3.8) is 0 Å². The smallest absolute Gasteiger partial charge is 0.374 e. The zero-order valence-corrected chi connectivity index (χ0v) is 16.2. The predicted octanol–water partition coefficient (Wildman–Crippen LogP) is 3.90. The van der Waals surface area contributed by atoms with Gasteiger partial charge in [0, 0.05) is 24.7 Å². The maximum atomic E-state index is 14.4. The molecule has 0 aromatic heterocycles. The first-order valence-corrected chi connectivity index (χ1v) is 9.89. The lowest BCUT2D eigenvalue weighted by molar-refractivity contribution is -0.165. The van der Waals surface area contributed by atoms with Gasteiger partial charge >= 0.3 is 17.8 Å². The van der Waals surface area contributed by atoms with E-state index in [0.717, 1.165) is 19.3 Å². The average molecular weight is 424 g/mol. The van der Waals surface area contributed by atoms with E-state index in [1.165, 1.54) is 18.2 Å². The van der Waals surface area contributed by atoms with Gasteiger partial charge in [-0.2, -0.15) is 17.6 Å². The van der Waals surface area contributed by atoms with E-state index < -0.39 is 54.4 Å². The van der Waals surface area contributed by atoms with Crippen molar-refractivity contribution in [1.82, 2.24) is 0 Å². The lowest BCUT2D eigenvalue weighted by Gasteiger charge is -2.21. The van der Waals surface area contributed by atoms with E-state index >= 15 is 0 Å². The van der Waals surface area contributed by atoms with Crippen LogP contribution < -0.4 is 0 Å². The predicted molar refractivity (Wildman–Crippen MR) is 96.6 cm³/mol. The van der Waals surface area contributed by atoms with Crippen molar-refractivity contribution in [3.05, 3.63) is 24.0 Å². The van der Waals surface area contributed by atoms with Gasteiger partial charge in [-0.05, 0) is 18.9 Å². The molecule has 1 saturated heterocycles. The van der Waals surface area contributed by atoms with Crippen LogP contribution >= 0.6 is 0 Å². The van der Waals surface area contributed by atoms with Gasteiger partial charge in [0.1, 0.15) is 6.10 Å². The SMILES string of the molecule is CCCCC[C@H](O)/C=C/[C@@H]1[C@H]2C/C(=C/CCC(F)(F)C(=O)O)O[C@H]2C(F)(F)[C@H]1O. The molecule has 1 saturated carbocycles. The van der Waals surface area contributed by atoms with Crippen molar-refractivity contribution in [1.29, 1.82) is 0 Å². The lowest BCUT2D eigenvalue weighted by Crippen LogP contribution is -2.39. The number of carboxylic acids is 1. The Balaban J connectivity index is 2.02. The van der Waals surface area contributed by atoms with Crippen LogP contribution in [0.2, 0.25) is 0 Å². The Morgan fingerprint density at radius 1 is 1.38 bits per heavy atom. The van der Waals surface area contributed by atoms with E-state index in [2.05, 4.69) is 0 Å². The standard InChI is InChI=1S/C20H28F4O5/c1-2-3-4-6-12(25)8-9-14-15-11-13(7-5-10-19(21,22)18(27)28)29-17(15)20(23,24)16(14)26/h7-9,12,14-17,25-26H,2-6,10-11H2,1H3,(H,27,28)/b9-8+,13-7-/t12-,14+,15+,16-,17+/m0/s1.